The van der Waals surface area contributed by atoms with Crippen molar-refractivity contribution in [1.82, 2.24) is 10.2 Å². The van der Waals surface area contributed by atoms with Gasteiger partial charge in [0.25, 0.3) is 0 Å². The van der Waals surface area contributed by atoms with Crippen molar-refractivity contribution in [3.05, 3.63) is 32.8 Å². The van der Waals surface area contributed by atoms with E-state index >= 15 is 0 Å². The number of halogens is 3. The summed E-state index contributed by atoms with van der Waals surface area (Å²) in [6, 6.07) is 3.88. The van der Waals surface area contributed by atoms with Gasteiger partial charge in [0.05, 0.1) is 10.0 Å². The van der Waals surface area contributed by atoms with Crippen molar-refractivity contribution in [3.63, 3.8) is 0 Å². The summed E-state index contributed by atoms with van der Waals surface area (Å²) in [7, 11) is 0. The average molecular weight is 336 g/mol. The van der Waals surface area contributed by atoms with Gasteiger partial charge in [-0.15, -0.1) is 0 Å². The van der Waals surface area contributed by atoms with Crippen LogP contribution in [-0.2, 0) is 0 Å². The van der Waals surface area contributed by atoms with Gasteiger partial charge in [-0.2, -0.15) is 0 Å². The topological polar surface area (TPSA) is 15.3 Å². The van der Waals surface area contributed by atoms with E-state index in [1.165, 1.54) is 6.42 Å². The van der Waals surface area contributed by atoms with Gasteiger partial charge in [0, 0.05) is 42.8 Å². The number of nitrogens with zero attached hydrogens (tertiary/aromatic N) is 1. The molecule has 0 saturated carbocycles. The summed E-state index contributed by atoms with van der Waals surface area (Å²) < 4.78 is 0. The molecule has 2 rings (SSSR count). The highest BCUT2D eigenvalue weighted by atomic mass is 35.5. The summed E-state index contributed by atoms with van der Waals surface area (Å²) >= 11 is 19.0. The van der Waals surface area contributed by atoms with Gasteiger partial charge in [-0.1, -0.05) is 54.6 Å². The van der Waals surface area contributed by atoms with Gasteiger partial charge in [-0.3, -0.25) is 4.90 Å². The second-order valence-corrected chi connectivity index (χ2v) is 6.39. The normalized spacial score (nSPS) is 18.2. The number of hydrogen-bond acceptors (Lipinski definition) is 2. The maximum absolute atomic E-state index is 6.43. The molecule has 1 fully saturated rings. The molecule has 1 heterocycles. The Morgan fingerprint density at radius 3 is 2.45 bits per heavy atom. The summed E-state index contributed by atoms with van der Waals surface area (Å²) in [6.07, 6.45) is 3.39. The molecule has 1 aliphatic heterocycles. The molecule has 0 unspecified atom stereocenters. The number of hydrogen-bond donors (Lipinski definition) is 1. The molecule has 112 valence electrons. The molecule has 1 N–H and O–H groups in total. The van der Waals surface area contributed by atoms with E-state index < -0.39 is 0 Å². The van der Waals surface area contributed by atoms with Crippen LogP contribution < -0.4 is 5.32 Å². The number of rotatable bonds is 5. The van der Waals surface area contributed by atoms with E-state index in [1.807, 2.05) is 6.07 Å². The quantitative estimate of drug-likeness (QED) is 0.779. The zero-order valence-corrected chi connectivity index (χ0v) is 14.0. The summed E-state index contributed by atoms with van der Waals surface area (Å²) in [4.78, 5) is 2.47. The predicted octanol–water partition coefficient (Wildman–Crippen LogP) is 4.78. The van der Waals surface area contributed by atoms with Gasteiger partial charge in [-0.05, 0) is 18.6 Å². The van der Waals surface area contributed by atoms with Crippen LogP contribution in [0.5, 0.6) is 0 Å². The minimum Gasteiger partial charge on any atom is -0.314 e. The molecule has 2 nitrogen and oxygen atoms in total. The van der Waals surface area contributed by atoms with Crippen molar-refractivity contribution in [1.29, 1.82) is 0 Å². The molecular formula is C15H21Cl3N2. The van der Waals surface area contributed by atoms with E-state index in [4.69, 9.17) is 34.8 Å². The van der Waals surface area contributed by atoms with Crippen molar-refractivity contribution < 1.29 is 0 Å². The van der Waals surface area contributed by atoms with Crippen LogP contribution in [0.1, 0.15) is 37.8 Å². The van der Waals surface area contributed by atoms with Crippen molar-refractivity contribution >= 4 is 34.8 Å². The highest BCUT2D eigenvalue weighted by Gasteiger charge is 2.26. The SMILES string of the molecule is CCCC[C@@H](c1c(Cl)ccc(Cl)c1Cl)N1CCNCC1. The van der Waals surface area contributed by atoms with Gasteiger partial charge in [0.2, 0.25) is 0 Å². The molecule has 0 radical (unpaired) electrons. The maximum atomic E-state index is 6.43. The van der Waals surface area contributed by atoms with Crippen molar-refractivity contribution in [2.45, 2.75) is 32.2 Å². The van der Waals surface area contributed by atoms with E-state index in [-0.39, 0.29) is 6.04 Å². The minimum absolute atomic E-state index is 0.260. The van der Waals surface area contributed by atoms with E-state index in [0.29, 0.717) is 10.0 Å². The lowest BCUT2D eigenvalue weighted by atomic mass is 9.98. The maximum Gasteiger partial charge on any atom is 0.0655 e. The molecular weight excluding hydrogens is 315 g/mol. The van der Waals surface area contributed by atoms with Gasteiger partial charge in [-0.25, -0.2) is 0 Å². The third-order valence-corrected chi connectivity index (χ3v) is 4.98. The number of nitrogens with one attached hydrogen (secondary N) is 1. The lowest BCUT2D eigenvalue weighted by Crippen LogP contribution is -2.45. The highest BCUT2D eigenvalue weighted by Crippen LogP contribution is 2.40. The summed E-state index contributed by atoms with van der Waals surface area (Å²) in [5.41, 5.74) is 0.996. The fraction of sp³-hybridized carbons (Fsp3) is 0.600. The summed E-state index contributed by atoms with van der Waals surface area (Å²) in [5.74, 6) is 0. The first kappa shape index (κ1) is 16.4. The zero-order chi connectivity index (χ0) is 14.5. The summed E-state index contributed by atoms with van der Waals surface area (Å²) in [6.45, 7) is 6.27. The van der Waals surface area contributed by atoms with Crippen molar-refractivity contribution in [2.75, 3.05) is 26.2 Å². The number of unbranched alkanes of at least 4 members (excludes halogenated alkanes) is 1. The zero-order valence-electron chi connectivity index (χ0n) is 11.8. The molecule has 0 aromatic heterocycles. The first-order valence-electron chi connectivity index (χ1n) is 7.23. The van der Waals surface area contributed by atoms with Crippen LogP contribution in [0.3, 0.4) is 0 Å². The van der Waals surface area contributed by atoms with Crippen molar-refractivity contribution in [2.24, 2.45) is 0 Å². The number of piperazine rings is 1. The molecule has 1 atom stereocenters. The number of benzene rings is 1. The minimum atomic E-state index is 0.260. The Morgan fingerprint density at radius 2 is 1.80 bits per heavy atom. The van der Waals surface area contributed by atoms with Crippen LogP contribution in [0.25, 0.3) is 0 Å². The predicted molar refractivity (Wildman–Crippen MR) is 88.2 cm³/mol. The molecule has 0 bridgehead atoms. The smallest absolute Gasteiger partial charge is 0.0655 e. The van der Waals surface area contributed by atoms with Gasteiger partial charge in [0.15, 0.2) is 0 Å². The third-order valence-electron chi connectivity index (χ3n) is 3.84. The van der Waals surface area contributed by atoms with E-state index in [0.717, 1.165) is 49.6 Å². The first-order valence-corrected chi connectivity index (χ1v) is 8.36. The molecule has 0 spiro atoms. The van der Waals surface area contributed by atoms with Gasteiger partial charge >= 0.3 is 0 Å². The Bertz CT molecular complexity index is 445. The lowest BCUT2D eigenvalue weighted by molar-refractivity contribution is 0.163. The molecule has 1 aromatic rings. The van der Waals surface area contributed by atoms with E-state index in [2.05, 4.69) is 17.1 Å². The van der Waals surface area contributed by atoms with Gasteiger partial charge < -0.3 is 5.32 Å². The second kappa shape index (κ2) is 7.86. The Labute approximate surface area is 136 Å². The first-order chi connectivity index (χ1) is 9.65. The van der Waals surface area contributed by atoms with Crippen LogP contribution in [0, 0.1) is 0 Å². The van der Waals surface area contributed by atoms with E-state index in [1.54, 1.807) is 6.07 Å². The van der Waals surface area contributed by atoms with Gasteiger partial charge in [0.1, 0.15) is 0 Å². The molecule has 0 amide bonds. The van der Waals surface area contributed by atoms with E-state index in [9.17, 15) is 0 Å². The van der Waals surface area contributed by atoms with Crippen LogP contribution in [0.4, 0.5) is 0 Å². The van der Waals surface area contributed by atoms with Crippen LogP contribution in [0.2, 0.25) is 15.1 Å². The monoisotopic (exact) mass is 334 g/mol. The Balaban J connectivity index is 2.32. The molecule has 1 aromatic carbocycles. The molecule has 0 aliphatic carbocycles. The molecule has 5 heteroatoms. The van der Waals surface area contributed by atoms with Crippen LogP contribution in [-0.4, -0.2) is 31.1 Å². The molecule has 20 heavy (non-hydrogen) atoms. The summed E-state index contributed by atoms with van der Waals surface area (Å²) in [5, 5.41) is 5.30. The third kappa shape index (κ3) is 3.80. The average Bonchev–Trinajstić information content (AvgIpc) is 2.47. The Hall–Kier alpha value is 0.01000. The highest BCUT2D eigenvalue weighted by molar-refractivity contribution is 6.44. The lowest BCUT2D eigenvalue weighted by Gasteiger charge is -2.36. The van der Waals surface area contributed by atoms with Crippen LogP contribution in [0.15, 0.2) is 12.1 Å². The fourth-order valence-corrected chi connectivity index (χ4v) is 3.54. The molecule has 1 aliphatic rings. The molecule has 1 saturated heterocycles. The van der Waals surface area contributed by atoms with Crippen LogP contribution >= 0.6 is 34.8 Å². The van der Waals surface area contributed by atoms with Crippen molar-refractivity contribution in [3.8, 4) is 0 Å². The Kier molecular flexibility index (Phi) is 6.44. The second-order valence-electron chi connectivity index (χ2n) is 5.20. The standard InChI is InChI=1S/C15H21Cl3N2/c1-2-3-4-13(20-9-7-19-8-10-20)14-11(16)5-6-12(17)15(14)18/h5-6,13,19H,2-4,7-10H2,1H3/t13-/m0/s1. The fourth-order valence-electron chi connectivity index (χ4n) is 2.75. The Morgan fingerprint density at radius 1 is 1.15 bits per heavy atom. The largest absolute Gasteiger partial charge is 0.314 e.